The molecule has 0 bridgehead atoms. The molecule has 0 aromatic rings. The van der Waals surface area contributed by atoms with Gasteiger partial charge < -0.3 is 5.11 Å². The Morgan fingerprint density at radius 1 is 1.38 bits per heavy atom. The van der Waals surface area contributed by atoms with Gasteiger partial charge in [-0.25, -0.2) is 8.42 Å². The van der Waals surface area contributed by atoms with E-state index in [2.05, 4.69) is 4.72 Å². The average molecular weight is 331 g/mol. The summed E-state index contributed by atoms with van der Waals surface area (Å²) in [4.78, 5) is 11.5. The number of halogens is 3. The summed E-state index contributed by atoms with van der Waals surface area (Å²) in [5, 5.41) is 9.37. The second-order valence-electron chi connectivity index (χ2n) is 5.56. The molecule has 0 amide bonds. The Labute approximate surface area is 122 Å². The van der Waals surface area contributed by atoms with Crippen molar-refractivity contribution in [2.24, 2.45) is 5.92 Å². The maximum absolute atomic E-state index is 12.0. The molecule has 124 valence electrons. The minimum absolute atomic E-state index is 0.155. The lowest BCUT2D eigenvalue weighted by molar-refractivity contribution is -0.147. The van der Waals surface area contributed by atoms with Crippen molar-refractivity contribution in [1.82, 2.24) is 4.72 Å². The minimum Gasteiger partial charge on any atom is -0.480 e. The van der Waals surface area contributed by atoms with Crippen molar-refractivity contribution in [3.05, 3.63) is 0 Å². The average Bonchev–Trinajstić information content (AvgIpc) is 2.29. The third-order valence-electron chi connectivity index (χ3n) is 3.89. The number of sulfonamides is 1. The maximum Gasteiger partial charge on any atom is 0.389 e. The third-order valence-corrected chi connectivity index (χ3v) is 5.39. The Bertz CT molecular complexity index is 477. The number of rotatable bonds is 6. The summed E-state index contributed by atoms with van der Waals surface area (Å²) in [6.45, 7) is 1.64. The fourth-order valence-corrected chi connectivity index (χ4v) is 4.22. The van der Waals surface area contributed by atoms with Gasteiger partial charge in [-0.3, -0.25) is 4.79 Å². The predicted molar refractivity (Wildman–Crippen MR) is 70.2 cm³/mol. The van der Waals surface area contributed by atoms with Crippen LogP contribution in [0.5, 0.6) is 0 Å². The summed E-state index contributed by atoms with van der Waals surface area (Å²) in [5.74, 6) is -2.40. The van der Waals surface area contributed by atoms with E-state index in [0.29, 0.717) is 12.8 Å². The quantitative estimate of drug-likeness (QED) is 0.782. The van der Waals surface area contributed by atoms with Gasteiger partial charge in [-0.1, -0.05) is 19.8 Å². The summed E-state index contributed by atoms with van der Waals surface area (Å²) in [6, 6.07) is 0. The lowest BCUT2D eigenvalue weighted by atomic mass is 9.74. The normalized spacial score (nSPS) is 27.5. The van der Waals surface area contributed by atoms with Gasteiger partial charge in [0.15, 0.2) is 0 Å². The summed E-state index contributed by atoms with van der Waals surface area (Å²) < 4.78 is 62.1. The van der Waals surface area contributed by atoms with Gasteiger partial charge in [-0.05, 0) is 25.2 Å². The monoisotopic (exact) mass is 331 g/mol. The molecule has 0 saturated heterocycles. The first-order valence-corrected chi connectivity index (χ1v) is 8.45. The highest BCUT2D eigenvalue weighted by atomic mass is 32.2. The van der Waals surface area contributed by atoms with Crippen LogP contribution < -0.4 is 4.72 Å². The molecule has 0 radical (unpaired) electrons. The van der Waals surface area contributed by atoms with E-state index in [4.69, 9.17) is 0 Å². The zero-order valence-corrected chi connectivity index (χ0v) is 12.6. The van der Waals surface area contributed by atoms with Crippen LogP contribution in [0.1, 0.15) is 45.4 Å². The Morgan fingerprint density at radius 2 is 2.00 bits per heavy atom. The van der Waals surface area contributed by atoms with Crippen molar-refractivity contribution in [2.75, 3.05) is 5.75 Å². The SMILES string of the molecule is CC1CCCCC1(NS(=O)(=O)CCCC(F)(F)F)C(=O)O. The Kier molecular flexibility index (Phi) is 5.65. The number of nitrogens with one attached hydrogen (secondary N) is 1. The second kappa shape index (κ2) is 6.51. The molecule has 2 atom stereocenters. The molecule has 5 nitrogen and oxygen atoms in total. The lowest BCUT2D eigenvalue weighted by Gasteiger charge is -2.39. The molecule has 2 unspecified atom stereocenters. The number of carbonyl (C=O) groups is 1. The second-order valence-corrected chi connectivity index (χ2v) is 7.40. The largest absolute Gasteiger partial charge is 0.480 e. The molecule has 1 fully saturated rings. The number of carboxylic acids is 1. The third kappa shape index (κ3) is 5.14. The minimum atomic E-state index is -4.42. The Morgan fingerprint density at radius 3 is 2.48 bits per heavy atom. The molecule has 0 aromatic carbocycles. The molecule has 9 heteroatoms. The van der Waals surface area contributed by atoms with E-state index in [9.17, 15) is 31.5 Å². The Hall–Kier alpha value is -0.830. The summed E-state index contributed by atoms with van der Waals surface area (Å²) in [5.41, 5.74) is -1.60. The van der Waals surface area contributed by atoms with Crippen molar-refractivity contribution in [1.29, 1.82) is 0 Å². The molecule has 2 N–H and O–H groups in total. The molecule has 21 heavy (non-hydrogen) atoms. The molecule has 1 aliphatic rings. The van der Waals surface area contributed by atoms with Crippen LogP contribution in [0.2, 0.25) is 0 Å². The number of carboxylic acid groups (broad SMARTS) is 1. The van der Waals surface area contributed by atoms with Crippen LogP contribution in [0.25, 0.3) is 0 Å². The molecular formula is C12H20F3NO4S. The molecule has 0 aliphatic heterocycles. The molecular weight excluding hydrogens is 311 g/mol. The zero-order valence-electron chi connectivity index (χ0n) is 11.7. The first-order chi connectivity index (χ1) is 9.49. The first kappa shape index (κ1) is 18.2. The zero-order chi connectivity index (χ0) is 16.3. The van der Waals surface area contributed by atoms with Crippen LogP contribution in [0, 0.1) is 5.92 Å². The Balaban J connectivity index is 2.76. The van der Waals surface area contributed by atoms with E-state index >= 15 is 0 Å². The summed E-state index contributed by atoms with van der Waals surface area (Å²) in [7, 11) is -4.07. The van der Waals surface area contributed by atoms with Crippen LogP contribution in [0.15, 0.2) is 0 Å². The van der Waals surface area contributed by atoms with Gasteiger partial charge in [0.2, 0.25) is 10.0 Å². The number of hydrogen-bond acceptors (Lipinski definition) is 3. The standard InChI is InChI=1S/C12H20F3NO4S/c1-9-5-2-3-6-11(9,10(17)18)16-21(19,20)8-4-7-12(13,14)15/h9,16H,2-8H2,1H3,(H,17,18). The van der Waals surface area contributed by atoms with Crippen molar-refractivity contribution in [3.8, 4) is 0 Å². The lowest BCUT2D eigenvalue weighted by Crippen LogP contribution is -2.60. The van der Waals surface area contributed by atoms with Crippen molar-refractivity contribution in [2.45, 2.75) is 57.2 Å². The summed E-state index contributed by atoms with van der Waals surface area (Å²) >= 11 is 0. The van der Waals surface area contributed by atoms with Crippen LogP contribution in [0.4, 0.5) is 13.2 Å². The van der Waals surface area contributed by atoms with Gasteiger partial charge in [0.05, 0.1) is 5.75 Å². The van der Waals surface area contributed by atoms with Gasteiger partial charge >= 0.3 is 12.1 Å². The smallest absolute Gasteiger partial charge is 0.389 e. The fraction of sp³-hybridized carbons (Fsp3) is 0.917. The highest BCUT2D eigenvalue weighted by Crippen LogP contribution is 2.34. The molecule has 0 heterocycles. The van der Waals surface area contributed by atoms with Gasteiger partial charge in [0.25, 0.3) is 0 Å². The number of hydrogen-bond donors (Lipinski definition) is 2. The van der Waals surface area contributed by atoms with Crippen molar-refractivity contribution in [3.63, 3.8) is 0 Å². The molecule has 0 spiro atoms. The fourth-order valence-electron chi connectivity index (χ4n) is 2.65. The number of aliphatic carboxylic acids is 1. The highest BCUT2D eigenvalue weighted by molar-refractivity contribution is 7.89. The molecule has 1 aliphatic carbocycles. The first-order valence-electron chi connectivity index (χ1n) is 6.80. The van der Waals surface area contributed by atoms with Crippen molar-refractivity contribution < 1.29 is 31.5 Å². The van der Waals surface area contributed by atoms with E-state index < -0.39 is 52.2 Å². The maximum atomic E-state index is 12.0. The van der Waals surface area contributed by atoms with E-state index in [1.165, 1.54) is 0 Å². The van der Waals surface area contributed by atoms with Gasteiger partial charge in [0.1, 0.15) is 5.54 Å². The molecule has 0 aromatic heterocycles. The van der Waals surface area contributed by atoms with Crippen LogP contribution in [-0.4, -0.2) is 37.0 Å². The van der Waals surface area contributed by atoms with Crippen LogP contribution in [-0.2, 0) is 14.8 Å². The molecule has 1 saturated carbocycles. The van der Waals surface area contributed by atoms with E-state index in [0.717, 1.165) is 6.42 Å². The predicted octanol–water partition coefficient (Wildman–Crippen LogP) is 2.28. The summed E-state index contributed by atoms with van der Waals surface area (Å²) in [6.07, 6.45) is -4.10. The topological polar surface area (TPSA) is 83.5 Å². The van der Waals surface area contributed by atoms with E-state index in [1.54, 1.807) is 6.92 Å². The number of alkyl halides is 3. The van der Waals surface area contributed by atoms with Crippen LogP contribution in [0.3, 0.4) is 0 Å². The van der Waals surface area contributed by atoms with Gasteiger partial charge in [-0.15, -0.1) is 0 Å². The van der Waals surface area contributed by atoms with Crippen molar-refractivity contribution >= 4 is 16.0 Å². The van der Waals surface area contributed by atoms with E-state index in [1.807, 2.05) is 0 Å². The molecule has 1 rings (SSSR count). The van der Waals surface area contributed by atoms with E-state index in [-0.39, 0.29) is 6.42 Å². The highest BCUT2D eigenvalue weighted by Gasteiger charge is 2.47. The van der Waals surface area contributed by atoms with Gasteiger partial charge in [0, 0.05) is 6.42 Å². The van der Waals surface area contributed by atoms with Crippen LogP contribution >= 0.6 is 0 Å². The van der Waals surface area contributed by atoms with Gasteiger partial charge in [-0.2, -0.15) is 17.9 Å².